The first-order valence-corrected chi connectivity index (χ1v) is 6.95. The van der Waals surface area contributed by atoms with Gasteiger partial charge in [0, 0.05) is 32.5 Å². The van der Waals surface area contributed by atoms with Gasteiger partial charge in [-0.05, 0) is 25.7 Å². The Balaban J connectivity index is 3.53. The highest BCUT2D eigenvalue weighted by atomic mass is 16.4. The molecule has 0 aliphatic rings. The Morgan fingerprint density at radius 2 is 1.65 bits per heavy atom. The molecule has 0 rings (SSSR count). The van der Waals surface area contributed by atoms with Gasteiger partial charge in [0.05, 0.1) is 0 Å². The minimum Gasteiger partial charge on any atom is -0.481 e. The Hall–Kier alpha value is -1.79. The van der Waals surface area contributed by atoms with Gasteiger partial charge in [0.15, 0.2) is 0 Å². The third-order valence-electron chi connectivity index (χ3n) is 2.79. The molecule has 0 aromatic rings. The monoisotopic (exact) mass is 287 g/mol. The molecule has 0 saturated carbocycles. The van der Waals surface area contributed by atoms with E-state index >= 15 is 0 Å². The number of carboxylic acid groups (broad SMARTS) is 1. The molecule has 0 radical (unpaired) electrons. The summed E-state index contributed by atoms with van der Waals surface area (Å²) in [7, 11) is 0. The van der Waals surface area contributed by atoms with E-state index in [0.717, 1.165) is 6.42 Å². The van der Waals surface area contributed by atoms with E-state index in [2.05, 4.69) is 16.0 Å². The normalized spacial score (nSPS) is 11.5. The molecule has 0 spiro atoms. The van der Waals surface area contributed by atoms with Crippen LogP contribution < -0.4 is 16.0 Å². The Morgan fingerprint density at radius 1 is 1.00 bits per heavy atom. The highest BCUT2D eigenvalue weighted by molar-refractivity contribution is 5.78. The van der Waals surface area contributed by atoms with E-state index < -0.39 is 5.97 Å². The zero-order valence-electron chi connectivity index (χ0n) is 12.2. The van der Waals surface area contributed by atoms with Crippen LogP contribution in [0.4, 0.5) is 4.79 Å². The lowest BCUT2D eigenvalue weighted by atomic mass is 10.0. The fourth-order valence-electron chi connectivity index (χ4n) is 1.58. The Labute approximate surface area is 119 Å². The van der Waals surface area contributed by atoms with E-state index in [0.29, 0.717) is 26.1 Å². The zero-order valence-corrected chi connectivity index (χ0v) is 12.2. The molecular weight excluding hydrogens is 262 g/mol. The number of carbonyl (C=O) groups excluding carboxylic acids is 2. The first kappa shape index (κ1) is 18.2. The van der Waals surface area contributed by atoms with E-state index in [-0.39, 0.29) is 30.7 Å². The molecule has 7 heteroatoms. The van der Waals surface area contributed by atoms with E-state index in [1.165, 1.54) is 0 Å². The second kappa shape index (κ2) is 11.1. The van der Waals surface area contributed by atoms with Crippen LogP contribution in [-0.4, -0.2) is 42.6 Å². The highest BCUT2D eigenvalue weighted by Crippen LogP contribution is 2.08. The van der Waals surface area contributed by atoms with Gasteiger partial charge in [-0.15, -0.1) is 0 Å². The summed E-state index contributed by atoms with van der Waals surface area (Å²) in [4.78, 5) is 32.9. The second-order valence-electron chi connectivity index (χ2n) is 4.71. The van der Waals surface area contributed by atoms with Gasteiger partial charge >= 0.3 is 12.0 Å². The minimum absolute atomic E-state index is 0.0879. The topological polar surface area (TPSA) is 108 Å². The van der Waals surface area contributed by atoms with Gasteiger partial charge in [-0.2, -0.15) is 0 Å². The van der Waals surface area contributed by atoms with Crippen molar-refractivity contribution < 1.29 is 19.5 Å². The molecule has 1 atom stereocenters. The summed E-state index contributed by atoms with van der Waals surface area (Å²) in [6.07, 6.45) is 1.75. The Kier molecular flexibility index (Phi) is 10.1. The van der Waals surface area contributed by atoms with Crippen LogP contribution in [0.25, 0.3) is 0 Å². The number of nitrogens with one attached hydrogen (secondary N) is 3. The summed E-state index contributed by atoms with van der Waals surface area (Å²) in [5.41, 5.74) is 0. The third kappa shape index (κ3) is 11.3. The van der Waals surface area contributed by atoms with Crippen molar-refractivity contribution in [1.29, 1.82) is 0 Å². The number of urea groups is 1. The average molecular weight is 287 g/mol. The Morgan fingerprint density at radius 3 is 2.25 bits per heavy atom. The van der Waals surface area contributed by atoms with Crippen molar-refractivity contribution in [2.75, 3.05) is 19.6 Å². The lowest BCUT2D eigenvalue weighted by Gasteiger charge is -2.11. The van der Waals surface area contributed by atoms with Crippen molar-refractivity contribution in [3.05, 3.63) is 0 Å². The van der Waals surface area contributed by atoms with Crippen LogP contribution >= 0.6 is 0 Å². The second-order valence-corrected chi connectivity index (χ2v) is 4.71. The molecule has 1 unspecified atom stereocenters. The molecule has 0 heterocycles. The average Bonchev–Trinajstić information content (AvgIpc) is 2.36. The summed E-state index contributed by atoms with van der Waals surface area (Å²) in [6, 6.07) is -0.306. The maximum Gasteiger partial charge on any atom is 0.314 e. The van der Waals surface area contributed by atoms with Crippen LogP contribution in [-0.2, 0) is 9.59 Å². The molecular formula is C13H25N3O4. The number of hydrogen-bond acceptors (Lipinski definition) is 3. The molecule has 4 N–H and O–H groups in total. The minimum atomic E-state index is -0.798. The number of carbonyl (C=O) groups is 3. The fraction of sp³-hybridized carbons (Fsp3) is 0.769. The SMILES string of the molecule is CCNC(=O)CCNC(=O)NCCC(C)CCC(=O)O. The number of amides is 3. The van der Waals surface area contributed by atoms with E-state index in [1.54, 1.807) is 0 Å². The largest absolute Gasteiger partial charge is 0.481 e. The summed E-state index contributed by atoms with van der Waals surface area (Å²) < 4.78 is 0. The molecule has 0 aromatic carbocycles. The summed E-state index contributed by atoms with van der Waals surface area (Å²) in [5, 5.41) is 16.5. The molecule has 20 heavy (non-hydrogen) atoms. The lowest BCUT2D eigenvalue weighted by molar-refractivity contribution is -0.137. The quantitative estimate of drug-likeness (QED) is 0.474. The summed E-state index contributed by atoms with van der Waals surface area (Å²) >= 11 is 0. The van der Waals surface area contributed by atoms with Crippen LogP contribution in [0.5, 0.6) is 0 Å². The van der Waals surface area contributed by atoms with Crippen LogP contribution in [0, 0.1) is 5.92 Å². The smallest absolute Gasteiger partial charge is 0.314 e. The molecule has 0 bridgehead atoms. The van der Waals surface area contributed by atoms with Crippen LogP contribution in [0.2, 0.25) is 0 Å². The molecule has 3 amide bonds. The van der Waals surface area contributed by atoms with Gasteiger partial charge in [-0.3, -0.25) is 9.59 Å². The van der Waals surface area contributed by atoms with Gasteiger partial charge in [-0.25, -0.2) is 4.79 Å². The van der Waals surface area contributed by atoms with Gasteiger partial charge in [0.1, 0.15) is 0 Å². The highest BCUT2D eigenvalue weighted by Gasteiger charge is 2.07. The Bertz CT molecular complexity index is 321. The summed E-state index contributed by atoms with van der Waals surface area (Å²) in [5.74, 6) is -0.635. The number of rotatable bonds is 10. The standard InChI is InChI=1S/C13H25N3O4/c1-3-14-11(17)7-9-16-13(20)15-8-6-10(2)4-5-12(18)19/h10H,3-9H2,1-2H3,(H,14,17)(H,18,19)(H2,15,16,20). The molecule has 0 aliphatic carbocycles. The molecule has 0 aliphatic heterocycles. The number of hydrogen-bond donors (Lipinski definition) is 4. The molecule has 7 nitrogen and oxygen atoms in total. The maximum atomic E-state index is 11.4. The first-order chi connectivity index (χ1) is 9.45. The van der Waals surface area contributed by atoms with Crippen LogP contribution in [0.3, 0.4) is 0 Å². The molecule has 0 aromatic heterocycles. The van der Waals surface area contributed by atoms with E-state index in [1.807, 2.05) is 13.8 Å². The van der Waals surface area contributed by atoms with Crippen molar-refractivity contribution in [3.63, 3.8) is 0 Å². The first-order valence-electron chi connectivity index (χ1n) is 6.95. The lowest BCUT2D eigenvalue weighted by Crippen LogP contribution is -2.38. The van der Waals surface area contributed by atoms with Crippen LogP contribution in [0.15, 0.2) is 0 Å². The maximum absolute atomic E-state index is 11.4. The fourth-order valence-corrected chi connectivity index (χ4v) is 1.58. The van der Waals surface area contributed by atoms with Gasteiger partial charge in [-0.1, -0.05) is 6.92 Å². The van der Waals surface area contributed by atoms with Gasteiger partial charge < -0.3 is 21.1 Å². The predicted octanol–water partition coefficient (Wildman–Crippen LogP) is 0.703. The predicted molar refractivity (Wildman–Crippen MR) is 75.4 cm³/mol. The third-order valence-corrected chi connectivity index (χ3v) is 2.79. The van der Waals surface area contributed by atoms with Crippen molar-refractivity contribution in [2.24, 2.45) is 5.92 Å². The number of aliphatic carboxylic acids is 1. The van der Waals surface area contributed by atoms with Gasteiger partial charge in [0.25, 0.3) is 0 Å². The van der Waals surface area contributed by atoms with Crippen molar-refractivity contribution in [2.45, 2.75) is 39.5 Å². The number of carboxylic acids is 1. The van der Waals surface area contributed by atoms with Crippen molar-refractivity contribution >= 4 is 17.9 Å². The van der Waals surface area contributed by atoms with Crippen molar-refractivity contribution in [3.8, 4) is 0 Å². The zero-order chi connectivity index (χ0) is 15.4. The molecule has 0 fully saturated rings. The molecule has 0 saturated heterocycles. The molecule has 116 valence electrons. The summed E-state index contributed by atoms with van der Waals surface area (Å²) in [6.45, 7) is 5.17. The van der Waals surface area contributed by atoms with Crippen LogP contribution in [0.1, 0.15) is 39.5 Å². The van der Waals surface area contributed by atoms with Crippen molar-refractivity contribution in [1.82, 2.24) is 16.0 Å². The van der Waals surface area contributed by atoms with Gasteiger partial charge in [0.2, 0.25) is 5.91 Å². The van der Waals surface area contributed by atoms with E-state index in [4.69, 9.17) is 5.11 Å². The van der Waals surface area contributed by atoms with E-state index in [9.17, 15) is 14.4 Å².